The van der Waals surface area contributed by atoms with Gasteiger partial charge in [0.2, 0.25) is 0 Å². The topological polar surface area (TPSA) is 51.2 Å². The van der Waals surface area contributed by atoms with Crippen LogP contribution in [0.2, 0.25) is 5.02 Å². The Morgan fingerprint density at radius 1 is 1.29 bits per heavy atom. The van der Waals surface area contributed by atoms with Crippen molar-refractivity contribution >= 4 is 34.5 Å². The number of thiazole rings is 1. The number of hydrogen-bond donors (Lipinski definition) is 1. The lowest BCUT2D eigenvalue weighted by Crippen LogP contribution is -2.12. The van der Waals surface area contributed by atoms with E-state index in [9.17, 15) is 9.18 Å². The molecule has 3 aromatic rings. The molecule has 0 atom stereocenters. The third-order valence-corrected chi connectivity index (χ3v) is 4.34. The Morgan fingerprint density at radius 3 is 2.83 bits per heavy atom. The Bertz CT molecular complexity index is 898. The fourth-order valence-electron chi connectivity index (χ4n) is 2.06. The number of benzene rings is 2. The van der Waals surface area contributed by atoms with E-state index in [0.717, 1.165) is 0 Å². The molecule has 0 bridgehead atoms. The van der Waals surface area contributed by atoms with E-state index in [-0.39, 0.29) is 11.6 Å². The zero-order chi connectivity index (χ0) is 17.1. The van der Waals surface area contributed by atoms with Gasteiger partial charge in [-0.2, -0.15) is 0 Å². The maximum atomic E-state index is 14.1. The molecule has 0 aliphatic carbocycles. The summed E-state index contributed by atoms with van der Waals surface area (Å²) in [5, 5.41) is 5.23. The van der Waals surface area contributed by atoms with Crippen molar-refractivity contribution in [1.29, 1.82) is 0 Å². The highest BCUT2D eigenvalue weighted by molar-refractivity contribution is 7.13. The number of aromatic nitrogens is 1. The van der Waals surface area contributed by atoms with E-state index < -0.39 is 5.82 Å². The Balaban J connectivity index is 1.81. The molecule has 1 N–H and O–H groups in total. The Morgan fingerprint density at radius 2 is 2.12 bits per heavy atom. The van der Waals surface area contributed by atoms with Crippen LogP contribution >= 0.6 is 22.9 Å². The predicted octanol–water partition coefficient (Wildman–Crippen LogP) is 4.86. The lowest BCUT2D eigenvalue weighted by Gasteiger charge is -2.04. The zero-order valence-electron chi connectivity index (χ0n) is 12.5. The number of hydrogen-bond acceptors (Lipinski definition) is 4. The highest BCUT2D eigenvalue weighted by Gasteiger charge is 2.15. The van der Waals surface area contributed by atoms with E-state index >= 15 is 0 Å². The van der Waals surface area contributed by atoms with Crippen LogP contribution in [-0.4, -0.2) is 18.0 Å². The van der Waals surface area contributed by atoms with Gasteiger partial charge >= 0.3 is 0 Å². The number of ether oxygens (including phenoxy) is 1. The van der Waals surface area contributed by atoms with Gasteiger partial charge in [-0.3, -0.25) is 4.79 Å². The van der Waals surface area contributed by atoms with Crippen molar-refractivity contribution in [2.24, 2.45) is 0 Å². The summed E-state index contributed by atoms with van der Waals surface area (Å²) >= 11 is 7.08. The van der Waals surface area contributed by atoms with Crippen molar-refractivity contribution in [3.63, 3.8) is 0 Å². The number of carbonyl (C=O) groups is 1. The van der Waals surface area contributed by atoms with Gasteiger partial charge in [0.25, 0.3) is 5.91 Å². The summed E-state index contributed by atoms with van der Waals surface area (Å²) in [5.74, 6) is -0.411. The van der Waals surface area contributed by atoms with Crippen LogP contribution in [0.1, 0.15) is 10.5 Å². The molecule has 0 unspecified atom stereocenters. The van der Waals surface area contributed by atoms with Crippen molar-refractivity contribution < 1.29 is 13.9 Å². The van der Waals surface area contributed by atoms with Gasteiger partial charge in [0.05, 0.1) is 7.11 Å². The van der Waals surface area contributed by atoms with Crippen LogP contribution in [-0.2, 0) is 0 Å². The molecule has 0 aliphatic rings. The van der Waals surface area contributed by atoms with E-state index in [4.69, 9.17) is 16.3 Å². The molecule has 0 fully saturated rings. The number of amides is 1. The van der Waals surface area contributed by atoms with Gasteiger partial charge in [-0.05, 0) is 30.3 Å². The molecule has 0 saturated heterocycles. The maximum absolute atomic E-state index is 14.1. The number of nitrogens with one attached hydrogen (secondary N) is 1. The Kier molecular flexibility index (Phi) is 4.78. The number of methoxy groups -OCH3 is 1. The first-order chi connectivity index (χ1) is 11.6. The van der Waals surface area contributed by atoms with E-state index in [0.29, 0.717) is 27.0 Å². The number of anilines is 1. The fourth-order valence-corrected chi connectivity index (χ4v) is 3.08. The average molecular weight is 363 g/mol. The second kappa shape index (κ2) is 6.98. The van der Waals surface area contributed by atoms with Crippen LogP contribution < -0.4 is 10.1 Å². The molecule has 122 valence electrons. The molecular formula is C17H12ClFN2O2S. The molecule has 3 rings (SSSR count). The number of nitrogens with zero attached hydrogens (tertiary/aromatic N) is 1. The van der Waals surface area contributed by atoms with Crippen LogP contribution in [0.25, 0.3) is 10.6 Å². The maximum Gasteiger partial charge on any atom is 0.275 e. The average Bonchev–Trinajstić information content (AvgIpc) is 3.04. The fraction of sp³-hybridized carbons (Fsp3) is 0.0588. The summed E-state index contributed by atoms with van der Waals surface area (Å²) in [4.78, 5) is 16.4. The van der Waals surface area contributed by atoms with Gasteiger partial charge in [0.15, 0.2) is 0 Å². The van der Waals surface area contributed by atoms with Crippen molar-refractivity contribution in [2.75, 3.05) is 12.4 Å². The molecule has 0 spiro atoms. The van der Waals surface area contributed by atoms with E-state index in [1.54, 1.807) is 41.8 Å². The molecule has 2 aromatic carbocycles. The van der Waals surface area contributed by atoms with Crippen LogP contribution in [0.4, 0.5) is 10.1 Å². The van der Waals surface area contributed by atoms with Crippen LogP contribution in [0.15, 0.2) is 47.8 Å². The SMILES string of the molecule is COc1ccc(-c2nc(C(=O)Nc3cccc(Cl)c3)cs2)c(F)c1. The molecule has 1 amide bonds. The first-order valence-corrected chi connectivity index (χ1v) is 8.19. The third kappa shape index (κ3) is 3.55. The minimum absolute atomic E-state index is 0.213. The largest absolute Gasteiger partial charge is 0.497 e. The van der Waals surface area contributed by atoms with Gasteiger partial charge < -0.3 is 10.1 Å². The molecule has 24 heavy (non-hydrogen) atoms. The van der Waals surface area contributed by atoms with Gasteiger partial charge in [0, 0.05) is 27.7 Å². The first kappa shape index (κ1) is 16.4. The van der Waals surface area contributed by atoms with E-state index in [2.05, 4.69) is 10.3 Å². The summed E-state index contributed by atoms with van der Waals surface area (Å²) < 4.78 is 19.1. The van der Waals surface area contributed by atoms with Crippen molar-refractivity contribution in [2.45, 2.75) is 0 Å². The first-order valence-electron chi connectivity index (χ1n) is 6.93. The third-order valence-electron chi connectivity index (χ3n) is 3.23. The van der Waals surface area contributed by atoms with Crippen LogP contribution in [0.3, 0.4) is 0 Å². The molecule has 4 nitrogen and oxygen atoms in total. The minimum atomic E-state index is -0.453. The van der Waals surface area contributed by atoms with Gasteiger partial charge in [-0.15, -0.1) is 11.3 Å². The number of rotatable bonds is 4. The lowest BCUT2D eigenvalue weighted by molar-refractivity contribution is 0.102. The predicted molar refractivity (Wildman–Crippen MR) is 93.5 cm³/mol. The highest BCUT2D eigenvalue weighted by atomic mass is 35.5. The van der Waals surface area contributed by atoms with Crippen LogP contribution in [0, 0.1) is 5.82 Å². The highest BCUT2D eigenvalue weighted by Crippen LogP contribution is 2.29. The van der Waals surface area contributed by atoms with E-state index in [1.807, 2.05) is 0 Å². The second-order valence-electron chi connectivity index (χ2n) is 4.85. The molecule has 7 heteroatoms. The van der Waals surface area contributed by atoms with Crippen LogP contribution in [0.5, 0.6) is 5.75 Å². The second-order valence-corrected chi connectivity index (χ2v) is 6.14. The normalized spacial score (nSPS) is 10.5. The number of carbonyl (C=O) groups excluding carboxylic acids is 1. The van der Waals surface area contributed by atoms with Crippen molar-refractivity contribution in [1.82, 2.24) is 4.98 Å². The van der Waals surface area contributed by atoms with E-state index in [1.165, 1.54) is 24.5 Å². The standard InChI is InChI=1S/C17H12ClFN2O2S/c1-23-12-5-6-13(14(19)8-12)17-21-15(9-24-17)16(22)20-11-4-2-3-10(18)7-11/h2-9H,1H3,(H,20,22). The smallest absolute Gasteiger partial charge is 0.275 e. The Hall–Kier alpha value is -2.44. The lowest BCUT2D eigenvalue weighted by atomic mass is 10.2. The summed E-state index contributed by atoms with van der Waals surface area (Å²) in [7, 11) is 1.47. The summed E-state index contributed by atoms with van der Waals surface area (Å²) in [6, 6.07) is 11.3. The summed E-state index contributed by atoms with van der Waals surface area (Å²) in [6.45, 7) is 0. The summed E-state index contributed by atoms with van der Waals surface area (Å²) in [5.41, 5.74) is 1.10. The minimum Gasteiger partial charge on any atom is -0.497 e. The molecule has 1 aromatic heterocycles. The molecule has 0 aliphatic heterocycles. The molecule has 0 saturated carbocycles. The van der Waals surface area contributed by atoms with Gasteiger partial charge in [-0.1, -0.05) is 17.7 Å². The summed E-state index contributed by atoms with van der Waals surface area (Å²) in [6.07, 6.45) is 0. The Labute approximate surface area is 146 Å². The molecular weight excluding hydrogens is 351 g/mol. The van der Waals surface area contributed by atoms with Gasteiger partial charge in [0.1, 0.15) is 22.3 Å². The monoisotopic (exact) mass is 362 g/mol. The van der Waals surface area contributed by atoms with Crippen molar-refractivity contribution in [3.8, 4) is 16.3 Å². The molecule has 1 heterocycles. The quantitative estimate of drug-likeness (QED) is 0.720. The number of halogens is 2. The zero-order valence-corrected chi connectivity index (χ0v) is 14.1. The van der Waals surface area contributed by atoms with Crippen molar-refractivity contribution in [3.05, 3.63) is 64.4 Å². The molecule has 0 radical (unpaired) electrons. The van der Waals surface area contributed by atoms with Gasteiger partial charge in [-0.25, -0.2) is 9.37 Å².